The standard InChI is InChI=1S/C13H11BrN2O3/c14-11-9-15(8-10-4-2-1-3-5-10)13(19)16(6-7-17)12(11)18/h1-5,7,9H,6,8H2. The van der Waals surface area contributed by atoms with Gasteiger partial charge in [0, 0.05) is 6.20 Å². The second-order valence-corrected chi connectivity index (χ2v) is 4.81. The molecule has 0 radical (unpaired) electrons. The zero-order valence-electron chi connectivity index (χ0n) is 9.95. The van der Waals surface area contributed by atoms with Crippen LogP contribution < -0.4 is 11.2 Å². The van der Waals surface area contributed by atoms with E-state index in [9.17, 15) is 14.4 Å². The van der Waals surface area contributed by atoms with E-state index in [4.69, 9.17) is 0 Å². The number of halogens is 1. The molecule has 0 aliphatic rings. The molecule has 5 nitrogen and oxygen atoms in total. The van der Waals surface area contributed by atoms with Gasteiger partial charge in [-0.1, -0.05) is 30.3 Å². The molecule has 0 atom stereocenters. The van der Waals surface area contributed by atoms with Gasteiger partial charge in [-0.2, -0.15) is 0 Å². The van der Waals surface area contributed by atoms with Crippen molar-refractivity contribution in [2.24, 2.45) is 0 Å². The van der Waals surface area contributed by atoms with Crippen molar-refractivity contribution < 1.29 is 4.79 Å². The van der Waals surface area contributed by atoms with Crippen LogP contribution in [0, 0.1) is 0 Å². The molecule has 19 heavy (non-hydrogen) atoms. The van der Waals surface area contributed by atoms with Gasteiger partial charge in [-0.3, -0.25) is 13.9 Å². The molecule has 0 amide bonds. The molecule has 0 unspecified atom stereocenters. The van der Waals surface area contributed by atoms with Crippen LogP contribution in [0.4, 0.5) is 0 Å². The lowest BCUT2D eigenvalue weighted by molar-refractivity contribution is -0.108. The average Bonchev–Trinajstić information content (AvgIpc) is 2.42. The number of carbonyl (C=O) groups excluding carboxylic acids is 1. The molecule has 1 heterocycles. The molecular weight excluding hydrogens is 312 g/mol. The van der Waals surface area contributed by atoms with Crippen LogP contribution >= 0.6 is 15.9 Å². The number of aromatic nitrogens is 2. The van der Waals surface area contributed by atoms with Crippen LogP contribution in [0.1, 0.15) is 5.56 Å². The predicted molar refractivity (Wildman–Crippen MR) is 74.3 cm³/mol. The third-order valence-electron chi connectivity index (χ3n) is 2.65. The Morgan fingerprint density at radius 2 is 1.84 bits per heavy atom. The van der Waals surface area contributed by atoms with Crippen molar-refractivity contribution in [1.82, 2.24) is 9.13 Å². The van der Waals surface area contributed by atoms with E-state index in [2.05, 4.69) is 15.9 Å². The Hall–Kier alpha value is -1.95. The molecule has 98 valence electrons. The lowest BCUT2D eigenvalue weighted by Gasteiger charge is -2.09. The average molecular weight is 323 g/mol. The van der Waals surface area contributed by atoms with E-state index in [-0.39, 0.29) is 11.0 Å². The number of rotatable bonds is 4. The Kier molecular flexibility index (Phi) is 4.11. The van der Waals surface area contributed by atoms with Gasteiger partial charge in [0.05, 0.1) is 17.6 Å². The van der Waals surface area contributed by atoms with Gasteiger partial charge in [0.25, 0.3) is 5.56 Å². The van der Waals surface area contributed by atoms with E-state index >= 15 is 0 Å². The first-order valence-electron chi connectivity index (χ1n) is 5.61. The van der Waals surface area contributed by atoms with Crippen LogP contribution in [0.2, 0.25) is 0 Å². The highest BCUT2D eigenvalue weighted by Gasteiger charge is 2.09. The fourth-order valence-electron chi connectivity index (χ4n) is 1.75. The molecule has 1 aromatic heterocycles. The van der Waals surface area contributed by atoms with Gasteiger partial charge in [-0.25, -0.2) is 4.79 Å². The Morgan fingerprint density at radius 3 is 2.47 bits per heavy atom. The first-order chi connectivity index (χ1) is 9.13. The molecular formula is C13H11BrN2O3. The highest BCUT2D eigenvalue weighted by atomic mass is 79.9. The number of nitrogens with zero attached hydrogens (tertiary/aromatic N) is 2. The van der Waals surface area contributed by atoms with Crippen LogP contribution in [0.3, 0.4) is 0 Å². The second kappa shape index (κ2) is 5.79. The van der Waals surface area contributed by atoms with Crippen LogP contribution in [0.25, 0.3) is 0 Å². The van der Waals surface area contributed by atoms with Crippen molar-refractivity contribution in [2.45, 2.75) is 13.1 Å². The highest BCUT2D eigenvalue weighted by Crippen LogP contribution is 2.03. The van der Waals surface area contributed by atoms with Crippen molar-refractivity contribution in [3.8, 4) is 0 Å². The number of carbonyl (C=O) groups is 1. The molecule has 0 fully saturated rings. The van der Waals surface area contributed by atoms with E-state index < -0.39 is 11.2 Å². The SMILES string of the molecule is O=CCn1c(=O)c(Br)cn(Cc2ccccc2)c1=O. The zero-order valence-corrected chi connectivity index (χ0v) is 11.5. The smallest absolute Gasteiger partial charge is 0.301 e. The first-order valence-corrected chi connectivity index (χ1v) is 6.40. The molecule has 0 saturated carbocycles. The summed E-state index contributed by atoms with van der Waals surface area (Å²) >= 11 is 3.11. The largest absolute Gasteiger partial charge is 0.331 e. The lowest BCUT2D eigenvalue weighted by atomic mass is 10.2. The molecule has 1 aromatic carbocycles. The summed E-state index contributed by atoms with van der Waals surface area (Å²) in [6, 6.07) is 9.40. The van der Waals surface area contributed by atoms with Gasteiger partial charge in [0.2, 0.25) is 0 Å². The van der Waals surface area contributed by atoms with Crippen molar-refractivity contribution in [2.75, 3.05) is 0 Å². The molecule has 0 N–H and O–H groups in total. The normalized spacial score (nSPS) is 10.4. The van der Waals surface area contributed by atoms with Gasteiger partial charge in [-0.15, -0.1) is 0 Å². The monoisotopic (exact) mass is 322 g/mol. The maximum absolute atomic E-state index is 12.1. The fourth-order valence-corrected chi connectivity index (χ4v) is 2.21. The minimum Gasteiger partial charge on any atom is -0.301 e. The third kappa shape index (κ3) is 2.90. The number of hydrogen-bond acceptors (Lipinski definition) is 3. The predicted octanol–water partition coefficient (Wildman–Crippen LogP) is 1.02. The molecule has 0 aliphatic heterocycles. The Bertz CT molecular complexity index is 704. The van der Waals surface area contributed by atoms with Crippen LogP contribution in [-0.2, 0) is 17.9 Å². The van der Waals surface area contributed by atoms with Crippen molar-refractivity contribution in [3.63, 3.8) is 0 Å². The van der Waals surface area contributed by atoms with Gasteiger partial charge in [0.1, 0.15) is 6.29 Å². The van der Waals surface area contributed by atoms with Crippen LogP contribution in [-0.4, -0.2) is 15.4 Å². The maximum atomic E-state index is 12.1. The first kappa shape index (κ1) is 13.5. The summed E-state index contributed by atoms with van der Waals surface area (Å²) < 4.78 is 2.55. The summed E-state index contributed by atoms with van der Waals surface area (Å²) in [4.78, 5) is 34.3. The van der Waals surface area contributed by atoms with Gasteiger partial charge < -0.3 is 4.79 Å². The van der Waals surface area contributed by atoms with Gasteiger partial charge in [-0.05, 0) is 21.5 Å². The van der Waals surface area contributed by atoms with E-state index in [1.807, 2.05) is 30.3 Å². The summed E-state index contributed by atoms with van der Waals surface area (Å²) in [6.07, 6.45) is 1.97. The number of aldehydes is 1. The third-order valence-corrected chi connectivity index (χ3v) is 3.19. The Labute approximate surface area is 117 Å². The van der Waals surface area contributed by atoms with Gasteiger partial charge in [0.15, 0.2) is 0 Å². The summed E-state index contributed by atoms with van der Waals surface area (Å²) in [7, 11) is 0. The Balaban J connectivity index is 2.50. The Morgan fingerprint density at radius 1 is 1.16 bits per heavy atom. The quantitative estimate of drug-likeness (QED) is 0.789. The molecule has 2 aromatic rings. The van der Waals surface area contributed by atoms with Crippen molar-refractivity contribution >= 4 is 22.2 Å². The zero-order chi connectivity index (χ0) is 13.8. The van der Waals surface area contributed by atoms with E-state index in [0.29, 0.717) is 12.8 Å². The topological polar surface area (TPSA) is 61.1 Å². The van der Waals surface area contributed by atoms with E-state index in [0.717, 1.165) is 10.1 Å². The minimum atomic E-state index is -0.499. The molecule has 6 heteroatoms. The molecule has 2 rings (SSSR count). The molecule has 0 spiro atoms. The maximum Gasteiger partial charge on any atom is 0.331 e. The summed E-state index contributed by atoms with van der Waals surface area (Å²) in [6.45, 7) is 0.101. The minimum absolute atomic E-state index is 0.244. The lowest BCUT2D eigenvalue weighted by Crippen LogP contribution is -2.40. The molecule has 0 bridgehead atoms. The molecule has 0 saturated heterocycles. The number of hydrogen-bond donors (Lipinski definition) is 0. The second-order valence-electron chi connectivity index (χ2n) is 3.96. The summed E-state index contributed by atoms with van der Waals surface area (Å²) in [5.74, 6) is 0. The molecule has 0 aliphatic carbocycles. The van der Waals surface area contributed by atoms with Crippen LogP contribution in [0.5, 0.6) is 0 Å². The van der Waals surface area contributed by atoms with E-state index in [1.54, 1.807) is 0 Å². The van der Waals surface area contributed by atoms with Crippen molar-refractivity contribution in [3.05, 3.63) is 67.4 Å². The fraction of sp³-hybridized carbons (Fsp3) is 0.154. The van der Waals surface area contributed by atoms with Gasteiger partial charge >= 0.3 is 5.69 Å². The highest BCUT2D eigenvalue weighted by molar-refractivity contribution is 9.10. The summed E-state index contributed by atoms with van der Waals surface area (Å²) in [5.41, 5.74) is -0.0571. The summed E-state index contributed by atoms with van der Waals surface area (Å²) in [5, 5.41) is 0. The van der Waals surface area contributed by atoms with E-state index in [1.165, 1.54) is 10.8 Å². The number of benzene rings is 1. The van der Waals surface area contributed by atoms with Crippen LogP contribution in [0.15, 0.2) is 50.6 Å². The van der Waals surface area contributed by atoms with Crippen molar-refractivity contribution in [1.29, 1.82) is 0 Å².